The molecular weight excluding hydrogens is 378 g/mol. The van der Waals surface area contributed by atoms with Crippen LogP contribution in [-0.4, -0.2) is 26.9 Å². The van der Waals surface area contributed by atoms with Crippen LogP contribution in [0.3, 0.4) is 0 Å². The second-order valence-electron chi connectivity index (χ2n) is 5.93. The lowest BCUT2D eigenvalue weighted by Gasteiger charge is -2.14. The number of amides is 1. The van der Waals surface area contributed by atoms with Crippen LogP contribution in [-0.2, 0) is 4.79 Å². The van der Waals surface area contributed by atoms with E-state index < -0.39 is 4.92 Å². The van der Waals surface area contributed by atoms with E-state index in [4.69, 9.17) is 0 Å². The van der Waals surface area contributed by atoms with Gasteiger partial charge in [0.15, 0.2) is 0 Å². The van der Waals surface area contributed by atoms with Gasteiger partial charge in [-0.2, -0.15) is 0 Å². The zero-order valence-corrected chi connectivity index (χ0v) is 15.5. The molecule has 4 rings (SSSR count). The Labute approximate surface area is 163 Å². The quantitative estimate of drug-likeness (QED) is 0.384. The highest BCUT2D eigenvalue weighted by molar-refractivity contribution is 7.15. The number of carbonyl (C=O) groups is 1. The Balaban J connectivity index is 1.80. The number of aliphatic imine (C=N–C) groups is 1. The average Bonchev–Trinajstić information content (AvgIpc) is 3.26. The number of nitro benzene ring substituents is 1. The maximum absolute atomic E-state index is 13.1. The minimum absolute atomic E-state index is 0.0522. The number of rotatable bonds is 4. The number of aromatic nitrogens is 2. The second kappa shape index (κ2) is 7.12. The Hall–Kier alpha value is -3.72. The molecule has 9 heteroatoms. The number of amidine groups is 1. The molecule has 1 aromatic heterocycles. The molecule has 1 aliphatic heterocycles. The molecule has 0 spiro atoms. The Bertz CT molecular complexity index is 1140. The summed E-state index contributed by atoms with van der Waals surface area (Å²) in [6, 6.07) is 15.3. The minimum atomic E-state index is -0.479. The third-order valence-corrected chi connectivity index (χ3v) is 4.81. The number of benzene rings is 2. The molecule has 0 unspecified atom stereocenters. The number of hydrogen-bond acceptors (Lipinski definition) is 7. The lowest BCUT2D eigenvalue weighted by atomic mass is 10.1. The first-order valence-corrected chi connectivity index (χ1v) is 9.09. The van der Waals surface area contributed by atoms with Gasteiger partial charge >= 0.3 is 0 Å². The lowest BCUT2D eigenvalue weighted by molar-refractivity contribution is -0.384. The maximum Gasteiger partial charge on any atom is 0.284 e. The van der Waals surface area contributed by atoms with Crippen molar-refractivity contribution in [3.63, 3.8) is 0 Å². The zero-order valence-electron chi connectivity index (χ0n) is 14.6. The molecule has 2 aromatic carbocycles. The molecule has 0 radical (unpaired) electrons. The normalized spacial score (nSPS) is 15.2. The topological polar surface area (TPSA) is 102 Å². The summed E-state index contributed by atoms with van der Waals surface area (Å²) in [5.41, 5.74) is 1.39. The highest BCUT2D eigenvalue weighted by atomic mass is 32.1. The van der Waals surface area contributed by atoms with Crippen molar-refractivity contribution in [2.45, 2.75) is 6.92 Å². The zero-order chi connectivity index (χ0) is 19.7. The molecule has 2 heterocycles. The van der Waals surface area contributed by atoms with Gasteiger partial charge in [-0.3, -0.25) is 14.9 Å². The van der Waals surface area contributed by atoms with Crippen molar-refractivity contribution in [1.82, 2.24) is 10.2 Å². The van der Waals surface area contributed by atoms with Crippen LogP contribution in [0.15, 0.2) is 65.3 Å². The molecule has 0 N–H and O–H groups in total. The van der Waals surface area contributed by atoms with Crippen LogP contribution in [0.25, 0.3) is 6.08 Å². The van der Waals surface area contributed by atoms with Crippen LogP contribution < -0.4 is 4.90 Å². The highest BCUT2D eigenvalue weighted by Gasteiger charge is 2.34. The van der Waals surface area contributed by atoms with E-state index in [9.17, 15) is 14.9 Å². The number of carbonyl (C=O) groups excluding carboxylic acids is 1. The van der Waals surface area contributed by atoms with Gasteiger partial charge in [0.25, 0.3) is 11.6 Å². The second-order valence-corrected chi connectivity index (χ2v) is 7.09. The smallest absolute Gasteiger partial charge is 0.266 e. The summed E-state index contributed by atoms with van der Waals surface area (Å²) >= 11 is 1.29. The first-order valence-electron chi connectivity index (χ1n) is 8.28. The van der Waals surface area contributed by atoms with Gasteiger partial charge in [-0.1, -0.05) is 53.8 Å². The van der Waals surface area contributed by atoms with Crippen molar-refractivity contribution in [2.75, 3.05) is 4.90 Å². The molecule has 0 aliphatic carbocycles. The summed E-state index contributed by atoms with van der Waals surface area (Å²) < 4.78 is 0. The number of aryl methyl sites for hydroxylation is 1. The number of hydrogen-bond donors (Lipinski definition) is 0. The molecule has 8 nitrogen and oxygen atoms in total. The van der Waals surface area contributed by atoms with E-state index in [1.807, 2.05) is 30.3 Å². The Morgan fingerprint density at radius 1 is 1.11 bits per heavy atom. The fourth-order valence-electron chi connectivity index (χ4n) is 2.74. The Kier molecular flexibility index (Phi) is 4.50. The van der Waals surface area contributed by atoms with E-state index in [-0.39, 0.29) is 17.3 Å². The maximum atomic E-state index is 13.1. The predicted octanol–water partition coefficient (Wildman–Crippen LogP) is 3.59. The largest absolute Gasteiger partial charge is 0.284 e. The fraction of sp³-hybridized carbons (Fsp3) is 0.0526. The average molecular weight is 391 g/mol. The van der Waals surface area contributed by atoms with Crippen LogP contribution in [0.1, 0.15) is 16.1 Å². The fourth-order valence-corrected chi connectivity index (χ4v) is 3.43. The van der Waals surface area contributed by atoms with Crippen molar-refractivity contribution in [2.24, 2.45) is 4.99 Å². The SMILES string of the molecule is Cc1nnc(N2C(=O)/C(=C\c3cccc([N+](=O)[O-])c3)N=C2c2ccccc2)s1. The van der Waals surface area contributed by atoms with Gasteiger partial charge in [0.2, 0.25) is 5.13 Å². The van der Waals surface area contributed by atoms with Gasteiger partial charge in [0, 0.05) is 17.7 Å². The van der Waals surface area contributed by atoms with Gasteiger partial charge in [-0.05, 0) is 18.6 Å². The summed E-state index contributed by atoms with van der Waals surface area (Å²) in [4.78, 5) is 29.5. The van der Waals surface area contributed by atoms with Crippen molar-refractivity contribution in [1.29, 1.82) is 0 Å². The van der Waals surface area contributed by atoms with Gasteiger partial charge in [-0.25, -0.2) is 9.89 Å². The van der Waals surface area contributed by atoms with Crippen LogP contribution in [0, 0.1) is 17.0 Å². The van der Waals surface area contributed by atoms with Crippen LogP contribution >= 0.6 is 11.3 Å². The van der Waals surface area contributed by atoms with E-state index in [0.717, 1.165) is 10.6 Å². The van der Waals surface area contributed by atoms with Crippen molar-refractivity contribution >= 4 is 40.0 Å². The van der Waals surface area contributed by atoms with Gasteiger partial charge in [-0.15, -0.1) is 10.2 Å². The molecule has 1 aliphatic rings. The first kappa shape index (κ1) is 17.7. The number of nitrogens with zero attached hydrogens (tertiary/aromatic N) is 5. The summed E-state index contributed by atoms with van der Waals surface area (Å²) in [6.07, 6.45) is 1.53. The van der Waals surface area contributed by atoms with Crippen molar-refractivity contribution in [3.8, 4) is 0 Å². The van der Waals surface area contributed by atoms with Crippen LogP contribution in [0.5, 0.6) is 0 Å². The monoisotopic (exact) mass is 391 g/mol. The standard InChI is InChI=1S/C19H13N5O3S/c1-12-21-22-19(28-12)23-17(14-7-3-2-4-8-14)20-16(18(23)25)11-13-6-5-9-15(10-13)24(26)27/h2-11H,1H3/b16-11+. The summed E-state index contributed by atoms with van der Waals surface area (Å²) in [6.45, 7) is 1.81. The third kappa shape index (κ3) is 3.30. The molecule has 0 saturated heterocycles. The molecular formula is C19H13N5O3S. The predicted molar refractivity (Wildman–Crippen MR) is 106 cm³/mol. The molecule has 0 bridgehead atoms. The number of nitro groups is 1. The lowest BCUT2D eigenvalue weighted by Crippen LogP contribution is -2.32. The van der Waals surface area contributed by atoms with Gasteiger partial charge < -0.3 is 0 Å². The van der Waals surface area contributed by atoms with E-state index in [0.29, 0.717) is 16.5 Å². The molecule has 0 saturated carbocycles. The van der Waals surface area contributed by atoms with E-state index in [2.05, 4.69) is 15.2 Å². The van der Waals surface area contributed by atoms with Gasteiger partial charge in [0.1, 0.15) is 16.5 Å². The summed E-state index contributed by atoms with van der Waals surface area (Å²) in [5.74, 6) is 0.0833. The summed E-state index contributed by atoms with van der Waals surface area (Å²) in [5, 5.41) is 20.2. The van der Waals surface area contributed by atoms with E-state index >= 15 is 0 Å². The Morgan fingerprint density at radius 3 is 2.57 bits per heavy atom. The molecule has 138 valence electrons. The van der Waals surface area contributed by atoms with Crippen LogP contribution in [0.2, 0.25) is 0 Å². The molecule has 28 heavy (non-hydrogen) atoms. The highest BCUT2D eigenvalue weighted by Crippen LogP contribution is 2.30. The van der Waals surface area contributed by atoms with Gasteiger partial charge in [0.05, 0.1) is 4.92 Å². The molecule has 1 amide bonds. The number of anilines is 1. The first-order chi connectivity index (χ1) is 13.5. The number of non-ortho nitro benzene ring substituents is 1. The summed E-state index contributed by atoms with van der Waals surface area (Å²) in [7, 11) is 0. The Morgan fingerprint density at radius 2 is 1.89 bits per heavy atom. The van der Waals surface area contributed by atoms with E-state index in [1.54, 1.807) is 19.1 Å². The molecule has 0 fully saturated rings. The van der Waals surface area contributed by atoms with Crippen molar-refractivity contribution < 1.29 is 9.72 Å². The molecule has 3 aromatic rings. The third-order valence-electron chi connectivity index (χ3n) is 3.98. The van der Waals surface area contributed by atoms with Crippen molar-refractivity contribution in [3.05, 3.63) is 86.5 Å². The molecule has 0 atom stereocenters. The minimum Gasteiger partial charge on any atom is -0.266 e. The van der Waals surface area contributed by atoms with Crippen LogP contribution in [0.4, 0.5) is 10.8 Å². The van der Waals surface area contributed by atoms with E-state index in [1.165, 1.54) is 34.4 Å².